The molecule has 37 heavy (non-hydrogen) atoms. The van der Waals surface area contributed by atoms with Crippen molar-refractivity contribution in [1.29, 1.82) is 0 Å². The van der Waals surface area contributed by atoms with Crippen LogP contribution in [0.3, 0.4) is 0 Å². The average molecular weight is 519 g/mol. The number of anilines is 5. The van der Waals surface area contributed by atoms with Gasteiger partial charge in [0.15, 0.2) is 5.78 Å². The quantitative estimate of drug-likeness (QED) is 0.556. The van der Waals surface area contributed by atoms with Crippen LogP contribution in [0.15, 0.2) is 29.9 Å². The number of Topliss-reactive ketones (excluding diaryl/α,β-unsaturated/α-hetero) is 1. The minimum Gasteiger partial charge on any atom is -0.371 e. The fourth-order valence-corrected chi connectivity index (χ4v) is 6.46. The third-order valence-electron chi connectivity index (χ3n) is 7.97. The van der Waals surface area contributed by atoms with E-state index in [0.29, 0.717) is 17.7 Å². The number of aryl methyl sites for hydroxylation is 1. The van der Waals surface area contributed by atoms with Gasteiger partial charge in [0.2, 0.25) is 5.95 Å². The van der Waals surface area contributed by atoms with Crippen LogP contribution in [0.5, 0.6) is 0 Å². The Hall–Kier alpha value is -3.08. The first-order chi connectivity index (χ1) is 18.0. The van der Waals surface area contributed by atoms with Crippen LogP contribution >= 0.6 is 11.3 Å². The van der Waals surface area contributed by atoms with Gasteiger partial charge in [0.25, 0.3) is 0 Å². The first-order valence-corrected chi connectivity index (χ1v) is 14.0. The highest BCUT2D eigenvalue weighted by Gasteiger charge is 2.28. The van der Waals surface area contributed by atoms with Gasteiger partial charge >= 0.3 is 0 Å². The van der Waals surface area contributed by atoms with Gasteiger partial charge in [-0.3, -0.25) is 9.69 Å². The number of thiazole rings is 1. The number of piperidine rings is 1. The summed E-state index contributed by atoms with van der Waals surface area (Å²) in [5.41, 5.74) is 6.46. The van der Waals surface area contributed by atoms with Crippen LogP contribution in [0, 0.1) is 6.92 Å². The number of carbonyl (C=O) groups is 1. The lowest BCUT2D eigenvalue weighted by Gasteiger charge is -2.42. The molecular formula is C27H34N8OS. The summed E-state index contributed by atoms with van der Waals surface area (Å²) in [4.78, 5) is 35.8. The van der Waals surface area contributed by atoms with Gasteiger partial charge in [-0.15, -0.1) is 11.3 Å². The zero-order chi connectivity index (χ0) is 25.5. The molecule has 9 nitrogen and oxygen atoms in total. The van der Waals surface area contributed by atoms with Crippen molar-refractivity contribution in [1.82, 2.24) is 24.8 Å². The van der Waals surface area contributed by atoms with Gasteiger partial charge < -0.3 is 20.0 Å². The fraction of sp³-hybridized carbons (Fsp3) is 0.481. The van der Waals surface area contributed by atoms with Crippen molar-refractivity contribution in [2.45, 2.75) is 32.2 Å². The topological polar surface area (TPSA) is 80.7 Å². The number of carbonyl (C=O) groups excluding carboxylic acids is 1. The molecule has 3 aliphatic heterocycles. The van der Waals surface area contributed by atoms with E-state index in [4.69, 9.17) is 4.98 Å². The number of hydrogen-bond acceptors (Lipinski definition) is 10. The minimum atomic E-state index is 0.00478. The van der Waals surface area contributed by atoms with Crippen LogP contribution in [-0.4, -0.2) is 89.9 Å². The van der Waals surface area contributed by atoms with Gasteiger partial charge in [0.1, 0.15) is 16.5 Å². The second-order valence-electron chi connectivity index (χ2n) is 10.4. The van der Waals surface area contributed by atoms with E-state index in [2.05, 4.69) is 62.2 Å². The van der Waals surface area contributed by atoms with E-state index < -0.39 is 0 Å². The molecule has 2 fully saturated rings. The zero-order valence-electron chi connectivity index (χ0n) is 21.8. The van der Waals surface area contributed by atoms with Crippen molar-refractivity contribution in [2.24, 2.45) is 0 Å². The lowest BCUT2D eigenvalue weighted by Crippen LogP contribution is -2.52. The Labute approximate surface area is 222 Å². The summed E-state index contributed by atoms with van der Waals surface area (Å²) in [7, 11) is 4.15. The molecule has 0 bridgehead atoms. The SMILES string of the molecule is Cc1cc(N2CCC(N3CCN(C)CC3)CC2)ccc1Nc1ncc2c(n1)N(C)c1scnc1C(=O)C2. The van der Waals surface area contributed by atoms with E-state index in [1.807, 2.05) is 11.9 Å². The molecule has 0 atom stereocenters. The molecule has 3 aliphatic rings. The Kier molecular flexibility index (Phi) is 6.56. The van der Waals surface area contributed by atoms with E-state index >= 15 is 0 Å². The lowest BCUT2D eigenvalue weighted by molar-refractivity contribution is 0.0982. The summed E-state index contributed by atoms with van der Waals surface area (Å²) in [6.45, 7) is 9.08. The summed E-state index contributed by atoms with van der Waals surface area (Å²) in [6, 6.07) is 7.30. The number of piperazine rings is 1. The Morgan fingerprint density at radius 2 is 1.81 bits per heavy atom. The van der Waals surface area contributed by atoms with Crippen LogP contribution in [0.25, 0.3) is 0 Å². The second-order valence-corrected chi connectivity index (χ2v) is 11.2. The Balaban J connectivity index is 1.13. The number of likely N-dealkylation sites (N-methyl/N-ethyl adjacent to an activating group) is 1. The number of benzene rings is 1. The molecule has 3 aromatic rings. The molecule has 10 heteroatoms. The second kappa shape index (κ2) is 10.00. The smallest absolute Gasteiger partial charge is 0.229 e. The van der Waals surface area contributed by atoms with Gasteiger partial charge in [0, 0.05) is 81.9 Å². The third-order valence-corrected chi connectivity index (χ3v) is 8.87. The van der Waals surface area contributed by atoms with Gasteiger partial charge in [-0.25, -0.2) is 9.97 Å². The molecule has 5 heterocycles. The Morgan fingerprint density at radius 3 is 2.57 bits per heavy atom. The molecule has 0 spiro atoms. The summed E-state index contributed by atoms with van der Waals surface area (Å²) in [5, 5.41) is 4.23. The highest BCUT2D eigenvalue weighted by Crippen LogP contribution is 2.36. The average Bonchev–Trinajstić information content (AvgIpc) is 3.38. The van der Waals surface area contributed by atoms with E-state index in [1.54, 1.807) is 11.7 Å². The maximum atomic E-state index is 12.6. The highest BCUT2D eigenvalue weighted by atomic mass is 32.1. The van der Waals surface area contributed by atoms with Crippen LogP contribution in [-0.2, 0) is 6.42 Å². The summed E-state index contributed by atoms with van der Waals surface area (Å²) >= 11 is 1.45. The normalized spacial score (nSPS) is 19.5. The number of hydrogen-bond donors (Lipinski definition) is 1. The van der Waals surface area contributed by atoms with E-state index in [9.17, 15) is 4.79 Å². The molecule has 1 N–H and O–H groups in total. The van der Waals surface area contributed by atoms with Crippen LogP contribution in [0.4, 0.5) is 28.1 Å². The van der Waals surface area contributed by atoms with Gasteiger partial charge in [0.05, 0.1) is 5.51 Å². The summed E-state index contributed by atoms with van der Waals surface area (Å²) in [6.07, 6.45) is 4.46. The van der Waals surface area contributed by atoms with Crippen molar-refractivity contribution < 1.29 is 4.79 Å². The van der Waals surface area contributed by atoms with Crippen LogP contribution < -0.4 is 15.1 Å². The molecule has 2 aromatic heterocycles. The largest absolute Gasteiger partial charge is 0.371 e. The molecule has 1 aromatic carbocycles. The molecule has 2 saturated heterocycles. The maximum absolute atomic E-state index is 12.6. The maximum Gasteiger partial charge on any atom is 0.229 e. The Bertz CT molecular complexity index is 1290. The molecule has 0 amide bonds. The lowest BCUT2D eigenvalue weighted by atomic mass is 10.0. The molecule has 0 saturated carbocycles. The number of fused-ring (bicyclic) bond motifs is 2. The molecule has 194 valence electrons. The third kappa shape index (κ3) is 4.81. The summed E-state index contributed by atoms with van der Waals surface area (Å²) in [5.74, 6) is 1.27. The molecule has 0 unspecified atom stereocenters. The number of nitrogens with zero attached hydrogens (tertiary/aromatic N) is 7. The molecule has 0 aliphatic carbocycles. The van der Waals surface area contributed by atoms with Gasteiger partial charge in [-0.2, -0.15) is 4.98 Å². The van der Waals surface area contributed by atoms with E-state index in [1.165, 1.54) is 56.0 Å². The first-order valence-electron chi connectivity index (χ1n) is 13.1. The summed E-state index contributed by atoms with van der Waals surface area (Å²) < 4.78 is 0. The molecule has 6 rings (SSSR count). The fourth-order valence-electron chi connectivity index (χ4n) is 5.68. The number of nitrogens with one attached hydrogen (secondary N) is 1. The van der Waals surface area contributed by atoms with E-state index in [0.717, 1.165) is 40.7 Å². The predicted octanol–water partition coefficient (Wildman–Crippen LogP) is 3.71. The highest BCUT2D eigenvalue weighted by molar-refractivity contribution is 7.14. The van der Waals surface area contributed by atoms with Gasteiger partial charge in [-0.1, -0.05) is 0 Å². The molecule has 0 radical (unpaired) electrons. The first kappa shape index (κ1) is 24.3. The van der Waals surface area contributed by atoms with Crippen molar-refractivity contribution in [3.63, 3.8) is 0 Å². The van der Waals surface area contributed by atoms with E-state index in [-0.39, 0.29) is 12.2 Å². The number of rotatable bonds is 4. The zero-order valence-corrected chi connectivity index (χ0v) is 22.6. The number of aromatic nitrogens is 3. The van der Waals surface area contributed by atoms with Crippen LogP contribution in [0.2, 0.25) is 0 Å². The standard InChI is InChI=1S/C27H34N8OS/c1-18-14-21(34-8-6-20(7-9-34)35-12-10-32(2)11-13-35)4-5-22(18)30-27-28-16-19-15-23(36)24-26(37-17-29-24)33(3)25(19)31-27/h4-5,14,16-17,20H,6-13,15H2,1-3H3,(H,28,30,31). The Morgan fingerprint density at radius 1 is 1.03 bits per heavy atom. The predicted molar refractivity (Wildman–Crippen MR) is 149 cm³/mol. The molecular weight excluding hydrogens is 484 g/mol. The van der Waals surface area contributed by atoms with Gasteiger partial charge in [-0.05, 0) is 50.6 Å². The van der Waals surface area contributed by atoms with Crippen molar-refractivity contribution in [2.75, 3.05) is 68.5 Å². The van der Waals surface area contributed by atoms with Crippen molar-refractivity contribution in [3.8, 4) is 0 Å². The van der Waals surface area contributed by atoms with Crippen molar-refractivity contribution in [3.05, 3.63) is 46.7 Å². The number of ketones is 1. The monoisotopic (exact) mass is 518 g/mol. The van der Waals surface area contributed by atoms with Crippen molar-refractivity contribution >= 4 is 45.3 Å². The minimum absolute atomic E-state index is 0.00478. The van der Waals surface area contributed by atoms with Crippen LogP contribution in [0.1, 0.15) is 34.5 Å².